The molecule has 0 aromatic heterocycles. The summed E-state index contributed by atoms with van der Waals surface area (Å²) in [4.78, 5) is 10.2. The summed E-state index contributed by atoms with van der Waals surface area (Å²) >= 11 is 0. The molecule has 1 unspecified atom stereocenters. The quantitative estimate of drug-likeness (QED) is 0.479. The maximum absolute atomic E-state index is 10.6. The number of nitro groups is 1. The number of benzene rings is 1. The van der Waals surface area contributed by atoms with Crippen LogP contribution in [0.1, 0.15) is 18.4 Å². The molecule has 0 spiro atoms. The predicted molar refractivity (Wildman–Crippen MR) is 69.7 cm³/mol. The van der Waals surface area contributed by atoms with Gasteiger partial charge in [0.25, 0.3) is 5.69 Å². The van der Waals surface area contributed by atoms with E-state index < -0.39 is 0 Å². The first kappa shape index (κ1) is 12.0. The molecule has 2 aliphatic rings. The van der Waals surface area contributed by atoms with Gasteiger partial charge in [-0.15, -0.1) is 0 Å². The second-order valence-corrected chi connectivity index (χ2v) is 5.77. The van der Waals surface area contributed by atoms with Gasteiger partial charge in [0, 0.05) is 31.1 Å². The largest absolute Gasteiger partial charge is 0.341 e. The lowest BCUT2D eigenvalue weighted by atomic mass is 10.0. The van der Waals surface area contributed by atoms with E-state index in [1.807, 2.05) is 12.1 Å². The predicted octanol–water partition coefficient (Wildman–Crippen LogP) is 2.51. The molecule has 96 valence electrons. The average molecular weight is 266 g/mol. The number of rotatable bonds is 3. The molecule has 5 nitrogen and oxygen atoms in total. The van der Waals surface area contributed by atoms with Crippen molar-refractivity contribution in [3.63, 3.8) is 0 Å². The molecule has 0 aliphatic carbocycles. The third-order valence-electron chi connectivity index (χ3n) is 3.63. The standard InChI is InChI=1S/C12H15N2O3P/c15-14(16)10-5-3-9(4-6-10)8-12-11-2-1-7-13(11)18-17-12/h3-6,11-12,18H,1-2,7-8H2/t11-,12+/m1/s1. The Morgan fingerprint density at radius 1 is 1.44 bits per heavy atom. The molecule has 0 radical (unpaired) electrons. The van der Waals surface area contributed by atoms with Gasteiger partial charge < -0.3 is 4.52 Å². The Labute approximate surface area is 107 Å². The molecule has 2 heterocycles. The minimum absolute atomic E-state index is 0.149. The molecule has 0 bridgehead atoms. The van der Waals surface area contributed by atoms with E-state index in [1.165, 1.54) is 12.8 Å². The van der Waals surface area contributed by atoms with Crippen LogP contribution in [0.25, 0.3) is 0 Å². The third kappa shape index (κ3) is 2.26. The third-order valence-corrected chi connectivity index (χ3v) is 4.83. The van der Waals surface area contributed by atoms with Crippen molar-refractivity contribution in [1.82, 2.24) is 4.67 Å². The summed E-state index contributed by atoms with van der Waals surface area (Å²) in [6, 6.07) is 7.36. The molecule has 2 aliphatic heterocycles. The van der Waals surface area contributed by atoms with E-state index in [2.05, 4.69) is 4.67 Å². The molecular weight excluding hydrogens is 251 g/mol. The Balaban J connectivity index is 1.67. The van der Waals surface area contributed by atoms with Crippen LogP contribution < -0.4 is 0 Å². The molecule has 2 saturated heterocycles. The summed E-state index contributed by atoms with van der Waals surface area (Å²) in [5.74, 6) is 0. The lowest BCUT2D eigenvalue weighted by Crippen LogP contribution is -2.29. The molecule has 18 heavy (non-hydrogen) atoms. The second-order valence-electron chi connectivity index (χ2n) is 4.78. The van der Waals surface area contributed by atoms with Gasteiger partial charge in [-0.3, -0.25) is 14.8 Å². The smallest absolute Gasteiger partial charge is 0.269 e. The monoisotopic (exact) mass is 266 g/mol. The summed E-state index contributed by atoms with van der Waals surface area (Å²) in [6.07, 6.45) is 3.58. The number of nitro benzene ring substituents is 1. The van der Waals surface area contributed by atoms with Crippen molar-refractivity contribution < 1.29 is 9.45 Å². The zero-order valence-corrected chi connectivity index (χ0v) is 10.9. The van der Waals surface area contributed by atoms with Crippen LogP contribution in [0.5, 0.6) is 0 Å². The van der Waals surface area contributed by atoms with Gasteiger partial charge in [0.15, 0.2) is 0 Å². The van der Waals surface area contributed by atoms with Crippen LogP contribution in [0.4, 0.5) is 5.69 Å². The van der Waals surface area contributed by atoms with Gasteiger partial charge in [-0.2, -0.15) is 0 Å². The van der Waals surface area contributed by atoms with Gasteiger partial charge in [-0.25, -0.2) is 0 Å². The number of non-ortho nitro benzene ring substituents is 1. The maximum Gasteiger partial charge on any atom is 0.269 e. The van der Waals surface area contributed by atoms with Crippen LogP contribution in [-0.4, -0.2) is 28.3 Å². The van der Waals surface area contributed by atoms with E-state index in [0.717, 1.165) is 18.5 Å². The van der Waals surface area contributed by atoms with E-state index in [0.29, 0.717) is 15.0 Å². The lowest BCUT2D eigenvalue weighted by Gasteiger charge is -2.16. The highest BCUT2D eigenvalue weighted by Gasteiger charge is 2.38. The molecule has 0 N–H and O–H groups in total. The molecular formula is C12H15N2O3P. The fourth-order valence-electron chi connectivity index (χ4n) is 2.67. The molecule has 1 aromatic rings. The Bertz CT molecular complexity index is 451. The summed E-state index contributed by atoms with van der Waals surface area (Å²) in [6.45, 7) is 1.15. The van der Waals surface area contributed by atoms with Gasteiger partial charge in [-0.05, 0) is 18.4 Å². The SMILES string of the molecule is O=[N+]([O-])c1ccc(C[C@@H]2OPN3CCC[C@H]23)cc1. The number of hydrogen-bond donors (Lipinski definition) is 0. The van der Waals surface area contributed by atoms with E-state index in [-0.39, 0.29) is 16.7 Å². The van der Waals surface area contributed by atoms with E-state index in [9.17, 15) is 10.1 Å². The molecule has 3 atom stereocenters. The fourth-order valence-corrected chi connectivity index (χ4v) is 3.86. The maximum atomic E-state index is 10.6. The average Bonchev–Trinajstić information content (AvgIpc) is 2.95. The van der Waals surface area contributed by atoms with E-state index in [4.69, 9.17) is 4.52 Å². The molecule has 0 amide bonds. The second kappa shape index (κ2) is 4.92. The zero-order valence-electron chi connectivity index (χ0n) is 9.91. The van der Waals surface area contributed by atoms with Crippen molar-refractivity contribution in [3.8, 4) is 0 Å². The van der Waals surface area contributed by atoms with Crippen molar-refractivity contribution in [2.24, 2.45) is 0 Å². The summed E-state index contributed by atoms with van der Waals surface area (Å²) in [5, 5.41) is 10.6. The van der Waals surface area contributed by atoms with Crippen LogP contribution in [0.2, 0.25) is 0 Å². The van der Waals surface area contributed by atoms with Crippen LogP contribution in [0.15, 0.2) is 24.3 Å². The van der Waals surface area contributed by atoms with Crippen LogP contribution in [0.3, 0.4) is 0 Å². The normalized spacial score (nSPS) is 28.7. The summed E-state index contributed by atoms with van der Waals surface area (Å²) in [7, 11) is 0.493. The molecule has 3 rings (SSSR count). The first-order valence-electron chi connectivity index (χ1n) is 6.15. The molecule has 0 saturated carbocycles. The van der Waals surface area contributed by atoms with Gasteiger partial charge in [0.05, 0.1) is 20.0 Å². The van der Waals surface area contributed by atoms with Crippen molar-refractivity contribution in [3.05, 3.63) is 39.9 Å². The van der Waals surface area contributed by atoms with Crippen LogP contribution >= 0.6 is 8.96 Å². The fraction of sp³-hybridized carbons (Fsp3) is 0.500. The van der Waals surface area contributed by atoms with Gasteiger partial charge in [-0.1, -0.05) is 12.1 Å². The van der Waals surface area contributed by atoms with E-state index in [1.54, 1.807) is 12.1 Å². The Morgan fingerprint density at radius 2 is 2.22 bits per heavy atom. The van der Waals surface area contributed by atoms with Gasteiger partial charge in [0.2, 0.25) is 0 Å². The molecule has 6 heteroatoms. The first-order valence-corrected chi connectivity index (χ1v) is 7.01. The number of fused-ring (bicyclic) bond motifs is 1. The zero-order chi connectivity index (χ0) is 12.5. The molecule has 2 fully saturated rings. The number of hydrogen-bond acceptors (Lipinski definition) is 4. The highest BCUT2D eigenvalue weighted by Crippen LogP contribution is 2.42. The minimum atomic E-state index is -0.365. The van der Waals surface area contributed by atoms with Crippen molar-refractivity contribution >= 4 is 14.6 Å². The summed E-state index contributed by atoms with van der Waals surface area (Å²) in [5.41, 5.74) is 1.26. The first-order chi connectivity index (χ1) is 8.74. The van der Waals surface area contributed by atoms with E-state index >= 15 is 0 Å². The van der Waals surface area contributed by atoms with Gasteiger partial charge >= 0.3 is 0 Å². The highest BCUT2D eigenvalue weighted by atomic mass is 31.1. The highest BCUT2D eigenvalue weighted by molar-refractivity contribution is 7.29. The Kier molecular flexibility index (Phi) is 3.29. The Hall–Kier alpha value is -1.03. The number of nitrogens with zero attached hydrogens (tertiary/aromatic N) is 2. The van der Waals surface area contributed by atoms with Crippen LogP contribution in [-0.2, 0) is 10.9 Å². The summed E-state index contributed by atoms with van der Waals surface area (Å²) < 4.78 is 8.23. The topological polar surface area (TPSA) is 55.6 Å². The Morgan fingerprint density at radius 3 is 2.94 bits per heavy atom. The lowest BCUT2D eigenvalue weighted by molar-refractivity contribution is -0.384. The van der Waals surface area contributed by atoms with Crippen molar-refractivity contribution in [2.45, 2.75) is 31.4 Å². The van der Waals surface area contributed by atoms with Crippen molar-refractivity contribution in [2.75, 3.05) is 6.54 Å². The minimum Gasteiger partial charge on any atom is -0.341 e. The van der Waals surface area contributed by atoms with Gasteiger partial charge in [0.1, 0.15) is 0 Å². The molecule has 1 aromatic carbocycles. The van der Waals surface area contributed by atoms with Crippen LogP contribution in [0, 0.1) is 10.1 Å². The van der Waals surface area contributed by atoms with Crippen molar-refractivity contribution in [1.29, 1.82) is 0 Å².